The van der Waals surface area contributed by atoms with Crippen LogP contribution in [-0.4, -0.2) is 48.5 Å². The number of carbonyl (C=O) groups is 1. The Kier molecular flexibility index (Phi) is 3.67. The first-order chi connectivity index (χ1) is 8.39. The third kappa shape index (κ3) is 2.39. The highest BCUT2D eigenvalue weighted by Gasteiger charge is 2.52. The van der Waals surface area contributed by atoms with Gasteiger partial charge in [0.05, 0.1) is 18.1 Å². The Hall–Kier alpha value is -0.650. The van der Waals surface area contributed by atoms with Crippen LogP contribution < -0.4 is 10.6 Å². The molecule has 2 aliphatic rings. The average molecular weight is 256 g/mol. The highest BCUT2D eigenvalue weighted by Crippen LogP contribution is 2.44. The minimum atomic E-state index is -0.734. The van der Waals surface area contributed by atoms with Gasteiger partial charge >= 0.3 is 5.97 Å². The van der Waals surface area contributed by atoms with Gasteiger partial charge in [0.25, 0.3) is 0 Å². The largest absolute Gasteiger partial charge is 0.481 e. The van der Waals surface area contributed by atoms with Gasteiger partial charge < -0.3 is 20.5 Å². The van der Waals surface area contributed by atoms with Crippen LogP contribution >= 0.6 is 0 Å². The monoisotopic (exact) mass is 256 g/mol. The predicted molar refractivity (Wildman–Crippen MR) is 68.6 cm³/mol. The molecule has 0 aromatic heterocycles. The van der Waals surface area contributed by atoms with Crippen LogP contribution in [0.15, 0.2) is 0 Å². The molecule has 2 rings (SSSR count). The molecule has 1 saturated heterocycles. The Labute approximate surface area is 108 Å². The van der Waals surface area contributed by atoms with E-state index in [2.05, 4.69) is 24.5 Å². The van der Waals surface area contributed by atoms with Gasteiger partial charge in [-0.2, -0.15) is 0 Å². The van der Waals surface area contributed by atoms with Gasteiger partial charge in [0, 0.05) is 31.2 Å². The van der Waals surface area contributed by atoms with Crippen molar-refractivity contribution in [1.82, 2.24) is 10.6 Å². The maximum Gasteiger partial charge on any atom is 0.305 e. The first-order valence-corrected chi connectivity index (χ1v) is 6.71. The van der Waals surface area contributed by atoms with Crippen molar-refractivity contribution in [1.29, 1.82) is 0 Å². The van der Waals surface area contributed by atoms with E-state index in [0.29, 0.717) is 6.04 Å². The molecule has 2 unspecified atom stereocenters. The first-order valence-electron chi connectivity index (χ1n) is 6.71. The van der Waals surface area contributed by atoms with E-state index >= 15 is 0 Å². The molecule has 104 valence electrons. The molecule has 1 heterocycles. The van der Waals surface area contributed by atoms with Crippen molar-refractivity contribution in [2.75, 3.05) is 19.7 Å². The maximum atomic E-state index is 10.9. The molecule has 5 heteroatoms. The van der Waals surface area contributed by atoms with Gasteiger partial charge in [0.2, 0.25) is 0 Å². The number of carboxylic acid groups (broad SMARTS) is 1. The summed E-state index contributed by atoms with van der Waals surface area (Å²) in [6, 6.07) is 0.343. The van der Waals surface area contributed by atoms with Gasteiger partial charge in [-0.3, -0.25) is 4.79 Å². The molecule has 1 aliphatic heterocycles. The molecule has 0 aromatic carbocycles. The Bertz CT molecular complexity index is 326. The normalized spacial score (nSPS) is 32.4. The van der Waals surface area contributed by atoms with Crippen LogP contribution in [0.1, 0.15) is 33.6 Å². The standard InChI is InChI=1S/C13H24N2O3/c1-4-18-10-5-9(12(10,2)3)15-13(6-11(16)17)7-14-8-13/h9-10,14-15H,4-8H2,1-3H3,(H,16,17). The van der Waals surface area contributed by atoms with Crippen molar-refractivity contribution in [2.45, 2.75) is 51.3 Å². The SMILES string of the molecule is CCOC1CC(NC2(CC(=O)O)CNC2)C1(C)C. The smallest absolute Gasteiger partial charge is 0.305 e. The summed E-state index contributed by atoms with van der Waals surface area (Å²) in [7, 11) is 0. The van der Waals surface area contributed by atoms with Crippen molar-refractivity contribution in [3.05, 3.63) is 0 Å². The zero-order valence-electron chi connectivity index (χ0n) is 11.5. The Morgan fingerprint density at radius 2 is 2.17 bits per heavy atom. The average Bonchev–Trinajstić information content (AvgIpc) is 2.23. The van der Waals surface area contributed by atoms with Gasteiger partial charge in [-0.25, -0.2) is 0 Å². The highest BCUT2D eigenvalue weighted by molar-refractivity contribution is 5.69. The zero-order chi connectivity index (χ0) is 13.4. The van der Waals surface area contributed by atoms with Crippen LogP contribution in [0.25, 0.3) is 0 Å². The van der Waals surface area contributed by atoms with E-state index in [-0.39, 0.29) is 23.5 Å². The Balaban J connectivity index is 1.92. The lowest BCUT2D eigenvalue weighted by atomic mass is 9.63. The molecule has 2 fully saturated rings. The topological polar surface area (TPSA) is 70.6 Å². The van der Waals surface area contributed by atoms with Gasteiger partial charge in [-0.1, -0.05) is 13.8 Å². The van der Waals surface area contributed by atoms with Crippen LogP contribution in [0.5, 0.6) is 0 Å². The maximum absolute atomic E-state index is 10.9. The molecule has 2 atom stereocenters. The van der Waals surface area contributed by atoms with Crippen LogP contribution in [-0.2, 0) is 9.53 Å². The number of rotatable bonds is 6. The first kappa shape index (κ1) is 13.8. The molecule has 0 aromatic rings. The number of aliphatic carboxylic acids is 1. The number of hydrogen-bond acceptors (Lipinski definition) is 4. The number of nitrogens with one attached hydrogen (secondary N) is 2. The summed E-state index contributed by atoms with van der Waals surface area (Å²) in [5.41, 5.74) is -0.179. The lowest BCUT2D eigenvalue weighted by Gasteiger charge is -2.57. The van der Waals surface area contributed by atoms with Crippen LogP contribution in [0, 0.1) is 5.41 Å². The number of ether oxygens (including phenoxy) is 1. The molecule has 18 heavy (non-hydrogen) atoms. The molecule has 5 nitrogen and oxygen atoms in total. The molecule has 0 radical (unpaired) electrons. The molecule has 0 bridgehead atoms. The van der Waals surface area contributed by atoms with E-state index in [1.54, 1.807) is 0 Å². The van der Waals surface area contributed by atoms with Crippen molar-refractivity contribution in [3.8, 4) is 0 Å². The fourth-order valence-electron chi connectivity index (χ4n) is 2.98. The van der Waals surface area contributed by atoms with Gasteiger partial charge in [-0.15, -0.1) is 0 Å². The van der Waals surface area contributed by atoms with E-state index in [9.17, 15) is 4.79 Å². The third-order valence-electron chi connectivity index (χ3n) is 4.44. The quantitative estimate of drug-likeness (QED) is 0.649. The summed E-state index contributed by atoms with van der Waals surface area (Å²) >= 11 is 0. The number of hydrogen-bond donors (Lipinski definition) is 3. The second-order valence-corrected chi connectivity index (χ2v) is 6.15. The summed E-state index contributed by atoms with van der Waals surface area (Å²) in [6.45, 7) is 8.61. The molecule has 1 aliphatic carbocycles. The molecular weight excluding hydrogens is 232 g/mol. The predicted octanol–water partition coefficient (Wildman–Crippen LogP) is 0.596. The second-order valence-electron chi connectivity index (χ2n) is 6.15. The van der Waals surface area contributed by atoms with Gasteiger partial charge in [0.15, 0.2) is 0 Å². The zero-order valence-corrected chi connectivity index (χ0v) is 11.5. The van der Waals surface area contributed by atoms with Gasteiger partial charge in [-0.05, 0) is 13.3 Å². The van der Waals surface area contributed by atoms with E-state index < -0.39 is 5.97 Å². The molecule has 1 saturated carbocycles. The van der Waals surface area contributed by atoms with Crippen molar-refractivity contribution in [2.24, 2.45) is 5.41 Å². The lowest BCUT2D eigenvalue weighted by Crippen LogP contribution is -2.75. The van der Waals surface area contributed by atoms with E-state index in [1.807, 2.05) is 6.92 Å². The number of carboxylic acids is 1. The Morgan fingerprint density at radius 1 is 1.50 bits per heavy atom. The third-order valence-corrected chi connectivity index (χ3v) is 4.44. The molecule has 0 spiro atoms. The molecule has 0 amide bonds. The summed E-state index contributed by atoms with van der Waals surface area (Å²) < 4.78 is 5.70. The van der Waals surface area contributed by atoms with Gasteiger partial charge in [0.1, 0.15) is 0 Å². The highest BCUT2D eigenvalue weighted by atomic mass is 16.5. The van der Waals surface area contributed by atoms with E-state index in [1.165, 1.54) is 0 Å². The summed E-state index contributed by atoms with van der Waals surface area (Å²) in [5.74, 6) is -0.734. The van der Waals surface area contributed by atoms with Crippen LogP contribution in [0.4, 0.5) is 0 Å². The van der Waals surface area contributed by atoms with Crippen molar-refractivity contribution >= 4 is 5.97 Å². The fourth-order valence-corrected chi connectivity index (χ4v) is 2.98. The van der Waals surface area contributed by atoms with Crippen LogP contribution in [0.2, 0.25) is 0 Å². The van der Waals surface area contributed by atoms with E-state index in [0.717, 1.165) is 26.1 Å². The summed E-state index contributed by atoms with van der Waals surface area (Å²) in [4.78, 5) is 10.9. The lowest BCUT2D eigenvalue weighted by molar-refractivity contribution is -0.143. The molecular formula is C13H24N2O3. The minimum absolute atomic E-state index is 0.0805. The molecule has 3 N–H and O–H groups in total. The summed E-state index contributed by atoms with van der Waals surface area (Å²) in [5, 5.41) is 15.7. The van der Waals surface area contributed by atoms with Crippen molar-refractivity contribution < 1.29 is 14.6 Å². The Morgan fingerprint density at radius 3 is 2.56 bits per heavy atom. The van der Waals surface area contributed by atoms with E-state index in [4.69, 9.17) is 9.84 Å². The minimum Gasteiger partial charge on any atom is -0.481 e. The summed E-state index contributed by atoms with van der Waals surface area (Å²) in [6.07, 6.45) is 1.45. The second kappa shape index (κ2) is 4.79. The van der Waals surface area contributed by atoms with Crippen LogP contribution in [0.3, 0.4) is 0 Å². The van der Waals surface area contributed by atoms with Crippen molar-refractivity contribution in [3.63, 3.8) is 0 Å². The fraction of sp³-hybridized carbons (Fsp3) is 0.923.